The number of hydrogen-bond acceptors (Lipinski definition) is 3. The molecular weight excluding hydrogens is 334 g/mol. The lowest BCUT2D eigenvalue weighted by atomic mass is 10.1. The van der Waals surface area contributed by atoms with Crippen molar-refractivity contribution in [1.82, 2.24) is 9.13 Å². The Labute approximate surface area is 131 Å². The molecule has 1 heterocycles. The molecule has 2 aromatic rings. The van der Waals surface area contributed by atoms with Crippen molar-refractivity contribution >= 4 is 21.6 Å². The molecule has 21 heavy (non-hydrogen) atoms. The number of aryl methyl sites for hydroxylation is 3. The number of halogens is 1. The molecule has 0 aliphatic rings. The van der Waals surface area contributed by atoms with Crippen LogP contribution in [-0.4, -0.2) is 9.13 Å². The molecule has 0 fully saturated rings. The third kappa shape index (κ3) is 3.10. The minimum Gasteiger partial charge on any atom is -0.380 e. The highest BCUT2D eigenvalue weighted by Gasteiger charge is 2.09. The molecule has 2 rings (SSSR count). The second-order valence-electron chi connectivity index (χ2n) is 5.20. The molecule has 1 aromatic carbocycles. The highest BCUT2D eigenvalue weighted by atomic mass is 79.9. The Morgan fingerprint density at radius 3 is 2.48 bits per heavy atom. The van der Waals surface area contributed by atoms with E-state index in [0.717, 1.165) is 20.3 Å². The third-order valence-electron chi connectivity index (χ3n) is 3.40. The minimum atomic E-state index is -0.323. The Morgan fingerprint density at radius 2 is 1.86 bits per heavy atom. The summed E-state index contributed by atoms with van der Waals surface area (Å²) < 4.78 is 3.49. The van der Waals surface area contributed by atoms with Crippen molar-refractivity contribution in [2.24, 2.45) is 14.1 Å². The number of anilines is 1. The first kappa shape index (κ1) is 15.6. The molecule has 112 valence electrons. The van der Waals surface area contributed by atoms with E-state index in [0.29, 0.717) is 12.1 Å². The van der Waals surface area contributed by atoms with Crippen LogP contribution in [0.5, 0.6) is 0 Å². The molecule has 6 heteroatoms. The smallest absolute Gasteiger partial charge is 0.330 e. The monoisotopic (exact) mass is 351 g/mol. The molecule has 0 bridgehead atoms. The van der Waals surface area contributed by atoms with E-state index >= 15 is 0 Å². The van der Waals surface area contributed by atoms with E-state index in [1.165, 1.54) is 17.2 Å². The van der Waals surface area contributed by atoms with E-state index in [2.05, 4.69) is 27.3 Å². The molecule has 0 spiro atoms. The molecule has 0 radical (unpaired) electrons. The fourth-order valence-electron chi connectivity index (χ4n) is 2.33. The highest BCUT2D eigenvalue weighted by molar-refractivity contribution is 9.10. The summed E-state index contributed by atoms with van der Waals surface area (Å²) in [5.41, 5.74) is 3.18. The van der Waals surface area contributed by atoms with Crippen LogP contribution in [0.25, 0.3) is 0 Å². The van der Waals surface area contributed by atoms with Gasteiger partial charge in [0, 0.05) is 31.3 Å². The fourth-order valence-corrected chi connectivity index (χ4v) is 3.14. The van der Waals surface area contributed by atoms with Gasteiger partial charge in [0.15, 0.2) is 0 Å². The maximum atomic E-state index is 12.1. The Bertz CT molecular complexity index is 783. The Morgan fingerprint density at radius 1 is 1.19 bits per heavy atom. The van der Waals surface area contributed by atoms with Gasteiger partial charge in [-0.25, -0.2) is 4.79 Å². The van der Waals surface area contributed by atoms with E-state index in [1.807, 2.05) is 19.9 Å². The van der Waals surface area contributed by atoms with Crippen molar-refractivity contribution in [2.45, 2.75) is 20.4 Å². The summed E-state index contributed by atoms with van der Waals surface area (Å²) >= 11 is 3.53. The van der Waals surface area contributed by atoms with Crippen molar-refractivity contribution in [3.63, 3.8) is 0 Å². The summed E-state index contributed by atoms with van der Waals surface area (Å²) in [6.07, 6.45) is 1.58. The van der Waals surface area contributed by atoms with Gasteiger partial charge in [-0.05, 0) is 47.0 Å². The Balaban J connectivity index is 2.34. The molecular formula is C15H18BrN3O2. The largest absolute Gasteiger partial charge is 0.380 e. The quantitative estimate of drug-likeness (QED) is 0.920. The summed E-state index contributed by atoms with van der Waals surface area (Å²) in [5, 5.41) is 3.26. The molecule has 0 saturated carbocycles. The number of nitrogens with one attached hydrogen (secondary N) is 1. The van der Waals surface area contributed by atoms with Gasteiger partial charge in [-0.3, -0.25) is 9.36 Å². The van der Waals surface area contributed by atoms with Gasteiger partial charge in [-0.2, -0.15) is 0 Å². The van der Waals surface area contributed by atoms with Gasteiger partial charge < -0.3 is 9.88 Å². The zero-order valence-corrected chi connectivity index (χ0v) is 14.1. The average Bonchev–Trinajstić information content (AvgIpc) is 2.40. The normalized spacial score (nSPS) is 10.7. The predicted molar refractivity (Wildman–Crippen MR) is 87.9 cm³/mol. The second-order valence-corrected chi connectivity index (χ2v) is 6.06. The Kier molecular flexibility index (Phi) is 4.37. The van der Waals surface area contributed by atoms with Crippen molar-refractivity contribution in [2.75, 3.05) is 5.32 Å². The van der Waals surface area contributed by atoms with Gasteiger partial charge >= 0.3 is 5.69 Å². The first-order valence-electron chi connectivity index (χ1n) is 6.57. The first-order chi connectivity index (χ1) is 9.81. The highest BCUT2D eigenvalue weighted by Crippen LogP contribution is 2.27. The van der Waals surface area contributed by atoms with Crippen LogP contribution < -0.4 is 16.6 Å². The van der Waals surface area contributed by atoms with Gasteiger partial charge in [-0.1, -0.05) is 6.07 Å². The van der Waals surface area contributed by atoms with Crippen molar-refractivity contribution in [3.8, 4) is 0 Å². The molecule has 0 saturated heterocycles. The van der Waals surface area contributed by atoms with E-state index in [1.54, 1.807) is 13.2 Å². The molecule has 0 aliphatic heterocycles. The summed E-state index contributed by atoms with van der Waals surface area (Å²) in [5.74, 6) is 0. The van der Waals surface area contributed by atoms with Gasteiger partial charge in [0.25, 0.3) is 5.56 Å². The van der Waals surface area contributed by atoms with Crippen LogP contribution in [-0.2, 0) is 20.6 Å². The van der Waals surface area contributed by atoms with Gasteiger partial charge in [-0.15, -0.1) is 0 Å². The van der Waals surface area contributed by atoms with Crippen LogP contribution in [0, 0.1) is 13.8 Å². The van der Waals surface area contributed by atoms with Gasteiger partial charge in [0.2, 0.25) is 0 Å². The zero-order chi connectivity index (χ0) is 15.7. The molecule has 1 aromatic heterocycles. The molecule has 0 amide bonds. The van der Waals surface area contributed by atoms with Crippen LogP contribution in [0.4, 0.5) is 5.69 Å². The standard InChI is InChI=1S/C15H18BrN3O2/c1-9-5-10(2)13(12(16)6-9)17-7-11-8-18(3)15(21)19(4)14(11)20/h5-6,8,17H,7H2,1-4H3. The number of nitrogens with zero attached hydrogens (tertiary/aromatic N) is 2. The second kappa shape index (κ2) is 5.89. The average molecular weight is 352 g/mol. The van der Waals surface area contributed by atoms with Crippen molar-refractivity contribution < 1.29 is 0 Å². The maximum Gasteiger partial charge on any atom is 0.330 e. The van der Waals surface area contributed by atoms with E-state index in [9.17, 15) is 9.59 Å². The number of benzene rings is 1. The van der Waals surface area contributed by atoms with Crippen LogP contribution in [0.15, 0.2) is 32.4 Å². The van der Waals surface area contributed by atoms with E-state index in [4.69, 9.17) is 0 Å². The molecule has 0 atom stereocenters. The van der Waals surface area contributed by atoms with Crippen molar-refractivity contribution in [1.29, 1.82) is 0 Å². The number of rotatable bonds is 3. The predicted octanol–water partition coefficient (Wildman–Crippen LogP) is 2.08. The molecule has 0 unspecified atom stereocenters. The summed E-state index contributed by atoms with van der Waals surface area (Å²) in [7, 11) is 3.12. The minimum absolute atomic E-state index is 0.272. The lowest BCUT2D eigenvalue weighted by Crippen LogP contribution is -2.38. The molecule has 0 aliphatic carbocycles. The van der Waals surface area contributed by atoms with E-state index < -0.39 is 0 Å². The molecule has 1 N–H and O–H groups in total. The van der Waals surface area contributed by atoms with Crippen LogP contribution >= 0.6 is 15.9 Å². The van der Waals surface area contributed by atoms with Crippen LogP contribution in [0.1, 0.15) is 16.7 Å². The fraction of sp³-hybridized carbons (Fsp3) is 0.333. The lowest BCUT2D eigenvalue weighted by Gasteiger charge is -2.13. The third-order valence-corrected chi connectivity index (χ3v) is 4.03. The summed E-state index contributed by atoms with van der Waals surface area (Å²) in [6.45, 7) is 4.41. The SMILES string of the molecule is Cc1cc(C)c(NCc2cn(C)c(=O)n(C)c2=O)c(Br)c1. The Hall–Kier alpha value is -1.82. The topological polar surface area (TPSA) is 56.0 Å². The number of hydrogen-bond donors (Lipinski definition) is 1. The molecule has 5 nitrogen and oxygen atoms in total. The number of aromatic nitrogens is 2. The maximum absolute atomic E-state index is 12.1. The van der Waals surface area contributed by atoms with Crippen molar-refractivity contribution in [3.05, 3.63) is 60.3 Å². The van der Waals surface area contributed by atoms with Gasteiger partial charge in [0.1, 0.15) is 0 Å². The van der Waals surface area contributed by atoms with Crippen LogP contribution in [0.2, 0.25) is 0 Å². The first-order valence-corrected chi connectivity index (χ1v) is 7.36. The summed E-state index contributed by atoms with van der Waals surface area (Å²) in [4.78, 5) is 23.7. The zero-order valence-electron chi connectivity index (χ0n) is 12.5. The lowest BCUT2D eigenvalue weighted by molar-refractivity contribution is 0.671. The van der Waals surface area contributed by atoms with Gasteiger partial charge in [0.05, 0.1) is 11.3 Å². The van der Waals surface area contributed by atoms with Crippen LogP contribution in [0.3, 0.4) is 0 Å². The summed E-state index contributed by atoms with van der Waals surface area (Å²) in [6, 6.07) is 4.10. The van der Waals surface area contributed by atoms with E-state index in [-0.39, 0.29) is 11.2 Å².